The molecule has 0 bridgehead atoms. The maximum Gasteiger partial charge on any atom is 0.278 e. The van der Waals surface area contributed by atoms with Crippen molar-refractivity contribution in [3.8, 4) is 23.4 Å². The Kier molecular flexibility index (Phi) is 8.17. The topological polar surface area (TPSA) is 126 Å². The minimum atomic E-state index is -0.526. The molecule has 1 heterocycles. The van der Waals surface area contributed by atoms with Crippen molar-refractivity contribution in [3.63, 3.8) is 0 Å². The number of aryl methyl sites for hydroxylation is 1. The number of nitrogens with zero attached hydrogens (tertiary/aromatic N) is 3. The highest BCUT2D eigenvalue weighted by molar-refractivity contribution is 14.1. The quantitative estimate of drug-likeness (QED) is 0.317. The van der Waals surface area contributed by atoms with Crippen LogP contribution in [0.15, 0.2) is 23.3 Å². The lowest BCUT2D eigenvalue weighted by Gasteiger charge is -2.10. The van der Waals surface area contributed by atoms with Gasteiger partial charge in [-0.15, -0.1) is 0 Å². The number of halogens is 1. The summed E-state index contributed by atoms with van der Waals surface area (Å²) in [5, 5.41) is 23.0. The number of carbonyl (C=O) groups is 1. The van der Waals surface area contributed by atoms with Gasteiger partial charge < -0.3 is 19.3 Å². The van der Waals surface area contributed by atoms with Crippen LogP contribution in [0.1, 0.15) is 22.4 Å². The number of methoxy groups -OCH3 is 2. The van der Waals surface area contributed by atoms with Crippen LogP contribution in [0.25, 0.3) is 0 Å². The molecular formula is C19H19IN4O5. The molecule has 10 heteroatoms. The van der Waals surface area contributed by atoms with Gasteiger partial charge in [0, 0.05) is 18.4 Å². The van der Waals surface area contributed by atoms with Crippen LogP contribution in [0.2, 0.25) is 0 Å². The van der Waals surface area contributed by atoms with Gasteiger partial charge in [-0.1, -0.05) is 0 Å². The Morgan fingerprint density at radius 3 is 2.83 bits per heavy atom. The lowest BCUT2D eigenvalue weighted by atomic mass is 10.1. The van der Waals surface area contributed by atoms with Gasteiger partial charge in [-0.3, -0.25) is 4.79 Å². The number of pyridine rings is 1. The van der Waals surface area contributed by atoms with E-state index in [2.05, 4.69) is 15.5 Å². The highest BCUT2D eigenvalue weighted by Gasteiger charge is 2.14. The fraction of sp³-hybridized carbons (Fsp3) is 0.263. The summed E-state index contributed by atoms with van der Waals surface area (Å²) in [4.78, 5) is 16.2. The molecule has 29 heavy (non-hydrogen) atoms. The van der Waals surface area contributed by atoms with E-state index in [4.69, 9.17) is 14.2 Å². The normalized spacial score (nSPS) is 10.6. The van der Waals surface area contributed by atoms with Gasteiger partial charge in [0.05, 0.1) is 23.5 Å². The first-order chi connectivity index (χ1) is 13.9. The van der Waals surface area contributed by atoms with Gasteiger partial charge in [-0.2, -0.15) is 10.4 Å². The first-order valence-electron chi connectivity index (χ1n) is 8.30. The summed E-state index contributed by atoms with van der Waals surface area (Å²) in [7, 11) is 2.96. The van der Waals surface area contributed by atoms with Crippen LogP contribution in [-0.4, -0.2) is 43.0 Å². The van der Waals surface area contributed by atoms with E-state index in [0.29, 0.717) is 26.1 Å². The number of amides is 1. The number of hydrazone groups is 1. The first-order valence-corrected chi connectivity index (χ1v) is 9.38. The van der Waals surface area contributed by atoms with Gasteiger partial charge in [0.15, 0.2) is 18.1 Å². The highest BCUT2D eigenvalue weighted by atomic mass is 127. The standard InChI is InChI=1S/C19H19IN4O5/c1-11-4-13(9-27-2)14(7-21)19(23-11)29-10-17(25)24-22-8-12-5-15(20)18(26)16(6-12)28-3/h4-6,8,26H,9-10H2,1-3H3,(H,24,25)/b22-8-. The van der Waals surface area contributed by atoms with Gasteiger partial charge in [0.1, 0.15) is 11.6 Å². The monoisotopic (exact) mass is 510 g/mol. The Morgan fingerprint density at radius 1 is 1.41 bits per heavy atom. The molecule has 0 aliphatic heterocycles. The number of nitriles is 1. The van der Waals surface area contributed by atoms with Crippen molar-refractivity contribution in [2.24, 2.45) is 5.10 Å². The summed E-state index contributed by atoms with van der Waals surface area (Å²) in [5.74, 6) is -0.123. The molecule has 0 radical (unpaired) electrons. The average molecular weight is 510 g/mol. The SMILES string of the molecule is COCc1cc(C)nc(OCC(=O)N/N=C\c2cc(I)c(O)c(OC)c2)c1C#N. The summed E-state index contributed by atoms with van der Waals surface area (Å²) in [6.07, 6.45) is 1.41. The number of ether oxygens (including phenoxy) is 3. The number of nitrogens with one attached hydrogen (secondary N) is 1. The lowest BCUT2D eigenvalue weighted by Crippen LogP contribution is -2.25. The molecule has 0 saturated heterocycles. The number of hydrogen-bond acceptors (Lipinski definition) is 8. The number of phenolic OH excluding ortho intramolecular Hbond substituents is 1. The molecule has 1 aromatic heterocycles. The van der Waals surface area contributed by atoms with E-state index in [0.717, 1.165) is 0 Å². The second-order valence-corrected chi connectivity index (χ2v) is 6.95. The highest BCUT2D eigenvalue weighted by Crippen LogP contribution is 2.31. The van der Waals surface area contributed by atoms with E-state index in [1.807, 2.05) is 28.7 Å². The first kappa shape index (κ1) is 22.4. The van der Waals surface area contributed by atoms with Crippen molar-refractivity contribution in [1.82, 2.24) is 10.4 Å². The molecule has 0 unspecified atom stereocenters. The molecule has 152 valence electrons. The van der Waals surface area contributed by atoms with Gasteiger partial charge >= 0.3 is 0 Å². The summed E-state index contributed by atoms with van der Waals surface area (Å²) < 4.78 is 16.1. The number of carbonyl (C=O) groups excluding carboxylic acids is 1. The molecule has 2 rings (SSSR count). The van der Waals surface area contributed by atoms with Crippen LogP contribution in [0.5, 0.6) is 17.4 Å². The Labute approximate surface area is 181 Å². The van der Waals surface area contributed by atoms with Crippen LogP contribution in [0, 0.1) is 21.8 Å². The Morgan fingerprint density at radius 2 is 2.17 bits per heavy atom. The third-order valence-electron chi connectivity index (χ3n) is 3.62. The van der Waals surface area contributed by atoms with E-state index < -0.39 is 5.91 Å². The van der Waals surface area contributed by atoms with Crippen LogP contribution >= 0.6 is 22.6 Å². The molecular weight excluding hydrogens is 491 g/mol. The fourth-order valence-corrected chi connectivity index (χ4v) is 3.00. The van der Waals surface area contributed by atoms with Crippen molar-refractivity contribution < 1.29 is 24.1 Å². The van der Waals surface area contributed by atoms with Crippen LogP contribution in [0.3, 0.4) is 0 Å². The van der Waals surface area contributed by atoms with Gasteiger partial charge in [0.2, 0.25) is 5.88 Å². The van der Waals surface area contributed by atoms with Crippen LogP contribution in [-0.2, 0) is 16.1 Å². The summed E-state index contributed by atoms with van der Waals surface area (Å²) in [6, 6.07) is 7.01. The van der Waals surface area contributed by atoms with Gasteiger partial charge in [-0.05, 0) is 53.3 Å². The number of phenols is 1. The van der Waals surface area contributed by atoms with E-state index in [1.54, 1.807) is 25.1 Å². The molecule has 1 aromatic carbocycles. The van der Waals surface area contributed by atoms with Crippen molar-refractivity contribution in [2.45, 2.75) is 13.5 Å². The minimum Gasteiger partial charge on any atom is -0.504 e. The summed E-state index contributed by atoms with van der Waals surface area (Å²) in [6.45, 7) is 1.62. The molecule has 0 aliphatic carbocycles. The van der Waals surface area contributed by atoms with E-state index in [9.17, 15) is 15.2 Å². The van der Waals surface area contributed by atoms with Crippen LogP contribution in [0.4, 0.5) is 0 Å². The molecule has 0 atom stereocenters. The minimum absolute atomic E-state index is 0.0366. The van der Waals surface area contributed by atoms with Crippen molar-refractivity contribution in [1.29, 1.82) is 5.26 Å². The summed E-state index contributed by atoms with van der Waals surface area (Å²) >= 11 is 1.96. The largest absolute Gasteiger partial charge is 0.504 e. The predicted octanol–water partition coefficient (Wildman–Crippen LogP) is 2.26. The maximum atomic E-state index is 12.0. The smallest absolute Gasteiger partial charge is 0.278 e. The van der Waals surface area contributed by atoms with Gasteiger partial charge in [-0.25, -0.2) is 10.4 Å². The van der Waals surface area contributed by atoms with Crippen molar-refractivity contribution >= 4 is 34.7 Å². The van der Waals surface area contributed by atoms with Crippen LogP contribution < -0.4 is 14.9 Å². The Bertz CT molecular complexity index is 972. The predicted molar refractivity (Wildman–Crippen MR) is 113 cm³/mol. The lowest BCUT2D eigenvalue weighted by molar-refractivity contribution is -0.123. The second-order valence-electron chi connectivity index (χ2n) is 5.78. The molecule has 0 saturated carbocycles. The Hall–Kier alpha value is -2.91. The zero-order valence-electron chi connectivity index (χ0n) is 16.0. The number of rotatable bonds is 8. The number of hydrogen-bond donors (Lipinski definition) is 2. The second kappa shape index (κ2) is 10.6. The number of aromatic hydroxyl groups is 1. The van der Waals surface area contributed by atoms with Gasteiger partial charge in [0.25, 0.3) is 5.91 Å². The molecule has 2 aromatic rings. The van der Waals surface area contributed by atoms with E-state index >= 15 is 0 Å². The van der Waals surface area contributed by atoms with Crippen molar-refractivity contribution in [3.05, 3.63) is 44.2 Å². The third kappa shape index (κ3) is 6.03. The number of aromatic nitrogens is 1. The number of benzene rings is 1. The summed E-state index contributed by atoms with van der Waals surface area (Å²) in [5.41, 5.74) is 4.45. The Balaban J connectivity index is 2.02. The molecule has 0 fully saturated rings. The zero-order chi connectivity index (χ0) is 21.4. The molecule has 2 N–H and O–H groups in total. The zero-order valence-corrected chi connectivity index (χ0v) is 18.2. The van der Waals surface area contributed by atoms with E-state index in [-0.39, 0.29) is 30.4 Å². The van der Waals surface area contributed by atoms with E-state index in [1.165, 1.54) is 20.4 Å². The third-order valence-corrected chi connectivity index (χ3v) is 4.44. The average Bonchev–Trinajstić information content (AvgIpc) is 2.69. The fourth-order valence-electron chi connectivity index (χ4n) is 2.37. The van der Waals surface area contributed by atoms with Crippen molar-refractivity contribution in [2.75, 3.05) is 20.8 Å². The molecule has 0 spiro atoms. The molecule has 1 amide bonds. The molecule has 9 nitrogen and oxygen atoms in total. The maximum absolute atomic E-state index is 12.0. The molecule has 0 aliphatic rings.